The third-order valence-corrected chi connectivity index (χ3v) is 5.30. The molecule has 2 aromatic carbocycles. The van der Waals surface area contributed by atoms with Crippen LogP contribution in [-0.2, 0) is 10.0 Å². The second-order valence-corrected chi connectivity index (χ2v) is 6.83. The fourth-order valence-corrected chi connectivity index (χ4v) is 3.47. The number of anilines is 1. The molecule has 0 heterocycles. The molecule has 2 N–H and O–H groups in total. The van der Waals surface area contributed by atoms with Gasteiger partial charge < -0.3 is 5.73 Å². The fraction of sp³-hybridized carbons (Fsp3) is 0.200. The number of nitrogens with two attached hydrogens (primary N) is 1. The summed E-state index contributed by atoms with van der Waals surface area (Å²) in [7, 11) is -2.35. The third kappa shape index (κ3) is 3.22. The number of rotatable bonds is 4. The van der Waals surface area contributed by atoms with Crippen molar-refractivity contribution in [3.63, 3.8) is 0 Å². The van der Waals surface area contributed by atoms with Crippen LogP contribution in [0.2, 0.25) is 0 Å². The molecule has 0 bridgehead atoms. The highest BCUT2D eigenvalue weighted by atomic mass is 32.2. The Balaban J connectivity index is 2.39. The van der Waals surface area contributed by atoms with Crippen LogP contribution in [0, 0.1) is 5.82 Å². The molecule has 1 atom stereocenters. The van der Waals surface area contributed by atoms with Gasteiger partial charge in [0.05, 0.1) is 4.90 Å². The molecule has 0 aliphatic carbocycles. The predicted octanol–water partition coefficient (Wildman–Crippen LogP) is 2.79. The van der Waals surface area contributed by atoms with Crippen LogP contribution in [-0.4, -0.2) is 19.8 Å². The second-order valence-electron chi connectivity index (χ2n) is 4.83. The maximum Gasteiger partial charge on any atom is 0.243 e. The summed E-state index contributed by atoms with van der Waals surface area (Å²) in [6.45, 7) is 1.77. The van der Waals surface area contributed by atoms with E-state index in [1.54, 1.807) is 6.92 Å². The van der Waals surface area contributed by atoms with Gasteiger partial charge in [-0.1, -0.05) is 30.3 Å². The average Bonchev–Trinajstić information content (AvgIpc) is 2.45. The van der Waals surface area contributed by atoms with E-state index in [1.807, 2.05) is 30.3 Å². The van der Waals surface area contributed by atoms with Gasteiger partial charge >= 0.3 is 0 Å². The van der Waals surface area contributed by atoms with Crippen LogP contribution in [0.3, 0.4) is 0 Å². The summed E-state index contributed by atoms with van der Waals surface area (Å²) < 4.78 is 39.7. The molecule has 0 spiro atoms. The van der Waals surface area contributed by atoms with Crippen molar-refractivity contribution >= 4 is 15.7 Å². The molecule has 0 saturated heterocycles. The summed E-state index contributed by atoms with van der Waals surface area (Å²) in [6.07, 6.45) is 0. The zero-order chi connectivity index (χ0) is 15.6. The van der Waals surface area contributed by atoms with Crippen molar-refractivity contribution in [2.75, 3.05) is 12.8 Å². The fourth-order valence-electron chi connectivity index (χ4n) is 2.05. The molecule has 2 rings (SSSR count). The zero-order valence-corrected chi connectivity index (χ0v) is 12.6. The lowest BCUT2D eigenvalue weighted by Crippen LogP contribution is -2.30. The van der Waals surface area contributed by atoms with E-state index >= 15 is 0 Å². The lowest BCUT2D eigenvalue weighted by Gasteiger charge is -2.24. The molecule has 0 amide bonds. The Morgan fingerprint density at radius 1 is 1.14 bits per heavy atom. The highest BCUT2D eigenvalue weighted by Crippen LogP contribution is 2.26. The molecule has 112 valence electrons. The molecule has 4 nitrogen and oxygen atoms in total. The average molecular weight is 308 g/mol. The predicted molar refractivity (Wildman–Crippen MR) is 80.6 cm³/mol. The molecule has 0 saturated carbocycles. The first kappa shape index (κ1) is 15.5. The first-order valence-corrected chi connectivity index (χ1v) is 7.85. The van der Waals surface area contributed by atoms with Crippen molar-refractivity contribution in [1.29, 1.82) is 0 Å². The number of benzene rings is 2. The van der Waals surface area contributed by atoms with Crippen molar-refractivity contribution < 1.29 is 12.8 Å². The molecule has 1 unspecified atom stereocenters. The van der Waals surface area contributed by atoms with Gasteiger partial charge in [0, 0.05) is 18.8 Å². The molecule has 21 heavy (non-hydrogen) atoms. The molecule has 0 aromatic heterocycles. The molecule has 0 aliphatic rings. The summed E-state index contributed by atoms with van der Waals surface area (Å²) in [4.78, 5) is -0.148. The van der Waals surface area contributed by atoms with Crippen LogP contribution < -0.4 is 5.73 Å². The van der Waals surface area contributed by atoms with Gasteiger partial charge in [0.25, 0.3) is 0 Å². The normalized spacial score (nSPS) is 13.3. The Bertz CT molecular complexity index is 712. The summed E-state index contributed by atoms with van der Waals surface area (Å²) in [5.74, 6) is -0.672. The molecule has 0 fully saturated rings. The first-order valence-electron chi connectivity index (χ1n) is 6.41. The van der Waals surface area contributed by atoms with E-state index in [0.29, 0.717) is 0 Å². The summed E-state index contributed by atoms with van der Waals surface area (Å²) >= 11 is 0. The van der Waals surface area contributed by atoms with Gasteiger partial charge in [-0.05, 0) is 30.7 Å². The van der Waals surface area contributed by atoms with Gasteiger partial charge in [-0.3, -0.25) is 0 Å². The first-order chi connectivity index (χ1) is 9.82. The molecule has 2 aromatic rings. The van der Waals surface area contributed by atoms with Gasteiger partial charge in [-0.25, -0.2) is 12.8 Å². The van der Waals surface area contributed by atoms with E-state index in [0.717, 1.165) is 17.7 Å². The number of sulfonamides is 1. The molecular weight excluding hydrogens is 291 g/mol. The summed E-state index contributed by atoms with van der Waals surface area (Å²) in [5, 5.41) is 0. The van der Waals surface area contributed by atoms with Crippen molar-refractivity contribution in [2.45, 2.75) is 17.9 Å². The zero-order valence-electron chi connectivity index (χ0n) is 11.8. The summed E-state index contributed by atoms with van der Waals surface area (Å²) in [6, 6.07) is 12.2. The monoisotopic (exact) mass is 308 g/mol. The highest BCUT2D eigenvalue weighted by molar-refractivity contribution is 7.89. The summed E-state index contributed by atoms with van der Waals surface area (Å²) in [5.41, 5.74) is 6.45. The molecule has 6 heteroatoms. The Labute approximate surface area is 124 Å². The van der Waals surface area contributed by atoms with E-state index in [-0.39, 0.29) is 16.6 Å². The van der Waals surface area contributed by atoms with Crippen LogP contribution in [0.25, 0.3) is 0 Å². The lowest BCUT2D eigenvalue weighted by atomic mass is 10.1. The standard InChI is InChI=1S/C15H17FN2O2S/c1-11(12-6-4-3-5-7-12)18(2)21(19,20)15-9-13(16)8-14(17)10-15/h3-11H,17H2,1-2H3. The van der Waals surface area contributed by atoms with Gasteiger partial charge in [0.2, 0.25) is 10.0 Å². The van der Waals surface area contributed by atoms with E-state index < -0.39 is 15.8 Å². The van der Waals surface area contributed by atoms with Gasteiger partial charge in [0.1, 0.15) is 5.82 Å². The van der Waals surface area contributed by atoms with E-state index in [1.165, 1.54) is 17.4 Å². The Kier molecular flexibility index (Phi) is 4.29. The molecular formula is C15H17FN2O2S. The van der Waals surface area contributed by atoms with Crippen LogP contribution in [0.4, 0.5) is 10.1 Å². The minimum atomic E-state index is -3.82. The number of hydrogen-bond acceptors (Lipinski definition) is 3. The van der Waals surface area contributed by atoms with Crippen LogP contribution in [0.15, 0.2) is 53.4 Å². The maximum absolute atomic E-state index is 13.4. The lowest BCUT2D eigenvalue weighted by molar-refractivity contribution is 0.398. The number of halogens is 1. The van der Waals surface area contributed by atoms with Crippen molar-refractivity contribution in [3.8, 4) is 0 Å². The Hall–Kier alpha value is -1.92. The van der Waals surface area contributed by atoms with Crippen molar-refractivity contribution in [1.82, 2.24) is 4.31 Å². The smallest absolute Gasteiger partial charge is 0.243 e. The van der Waals surface area contributed by atoms with Gasteiger partial charge in [-0.15, -0.1) is 0 Å². The minimum absolute atomic E-state index is 0.0781. The molecule has 0 radical (unpaired) electrons. The van der Waals surface area contributed by atoms with Crippen LogP contribution in [0.5, 0.6) is 0 Å². The van der Waals surface area contributed by atoms with Crippen LogP contribution >= 0.6 is 0 Å². The quantitative estimate of drug-likeness (QED) is 0.883. The van der Waals surface area contributed by atoms with E-state index in [9.17, 15) is 12.8 Å². The van der Waals surface area contributed by atoms with E-state index in [2.05, 4.69) is 0 Å². The number of hydrogen-bond donors (Lipinski definition) is 1. The second kappa shape index (κ2) is 5.83. The maximum atomic E-state index is 13.4. The highest BCUT2D eigenvalue weighted by Gasteiger charge is 2.26. The minimum Gasteiger partial charge on any atom is -0.399 e. The van der Waals surface area contributed by atoms with Gasteiger partial charge in [-0.2, -0.15) is 4.31 Å². The number of nitrogen functional groups attached to an aromatic ring is 1. The van der Waals surface area contributed by atoms with E-state index in [4.69, 9.17) is 5.73 Å². The third-order valence-electron chi connectivity index (χ3n) is 3.40. The van der Waals surface area contributed by atoms with Crippen LogP contribution in [0.1, 0.15) is 18.5 Å². The Morgan fingerprint density at radius 3 is 2.33 bits per heavy atom. The largest absolute Gasteiger partial charge is 0.399 e. The van der Waals surface area contributed by atoms with Gasteiger partial charge in [0.15, 0.2) is 0 Å². The number of nitrogens with zero attached hydrogens (tertiary/aromatic N) is 1. The van der Waals surface area contributed by atoms with Crippen molar-refractivity contribution in [2.24, 2.45) is 0 Å². The van der Waals surface area contributed by atoms with Crippen molar-refractivity contribution in [3.05, 3.63) is 59.9 Å². The topological polar surface area (TPSA) is 63.4 Å². The SMILES string of the molecule is CC(c1ccccc1)N(C)S(=O)(=O)c1cc(N)cc(F)c1. The molecule has 0 aliphatic heterocycles. The Morgan fingerprint density at radius 2 is 1.76 bits per heavy atom.